The monoisotopic (exact) mass is 416 g/mol. The number of amides is 2. The third kappa shape index (κ3) is 6.15. The van der Waals surface area contributed by atoms with Crippen LogP contribution >= 0.6 is 0 Å². The van der Waals surface area contributed by atoms with Crippen LogP contribution in [-0.4, -0.2) is 38.2 Å². The van der Waals surface area contributed by atoms with E-state index in [2.05, 4.69) is 15.8 Å². The molecular formula is C20H24N4O4S. The lowest BCUT2D eigenvalue weighted by molar-refractivity contribution is -0.121. The molecule has 0 radical (unpaired) electrons. The minimum atomic E-state index is -3.68. The fourth-order valence-electron chi connectivity index (χ4n) is 2.68. The van der Waals surface area contributed by atoms with E-state index >= 15 is 0 Å². The van der Waals surface area contributed by atoms with E-state index in [-0.39, 0.29) is 5.91 Å². The molecule has 0 aromatic heterocycles. The number of benzene rings is 2. The number of hydrazone groups is 1. The molecule has 0 saturated carbocycles. The molecule has 2 N–H and O–H groups in total. The van der Waals surface area contributed by atoms with E-state index in [4.69, 9.17) is 0 Å². The van der Waals surface area contributed by atoms with Gasteiger partial charge in [0.15, 0.2) is 0 Å². The van der Waals surface area contributed by atoms with Crippen LogP contribution in [0.25, 0.3) is 0 Å². The summed E-state index contributed by atoms with van der Waals surface area (Å²) in [6, 6.07) is 14.4. The minimum Gasteiger partial charge on any atom is -0.326 e. The van der Waals surface area contributed by atoms with E-state index < -0.39 is 22.0 Å². The van der Waals surface area contributed by atoms with Gasteiger partial charge in [-0.2, -0.15) is 5.10 Å². The van der Waals surface area contributed by atoms with Crippen LogP contribution < -0.4 is 15.0 Å². The molecule has 0 heterocycles. The summed E-state index contributed by atoms with van der Waals surface area (Å²) < 4.78 is 25.5. The summed E-state index contributed by atoms with van der Waals surface area (Å²) in [6.45, 7) is 4.63. The number of nitrogens with one attached hydrogen (secondary N) is 2. The van der Waals surface area contributed by atoms with Gasteiger partial charge in [0.2, 0.25) is 15.9 Å². The molecule has 2 aromatic carbocycles. The molecule has 0 fully saturated rings. The summed E-state index contributed by atoms with van der Waals surface area (Å²) >= 11 is 0. The average molecular weight is 417 g/mol. The standard InChI is InChI=1S/C20H24N4O4S/c1-14(17-10-12-18(13-11-17)21-16(3)25)22-23-20(26)15(2)24(29(4,27)28)19-8-6-5-7-9-19/h5-13,15H,1-4H3,(H,21,25)(H,23,26)/b22-14-/t15-/m0/s1. The van der Waals surface area contributed by atoms with Crippen molar-refractivity contribution in [1.82, 2.24) is 5.43 Å². The van der Waals surface area contributed by atoms with Crippen molar-refractivity contribution in [2.24, 2.45) is 5.10 Å². The maximum atomic E-state index is 12.5. The van der Waals surface area contributed by atoms with Crippen LogP contribution in [0, 0.1) is 0 Å². The quantitative estimate of drug-likeness (QED) is 0.533. The van der Waals surface area contributed by atoms with Crippen LogP contribution in [0.15, 0.2) is 59.7 Å². The highest BCUT2D eigenvalue weighted by Crippen LogP contribution is 2.20. The molecule has 0 aliphatic heterocycles. The predicted octanol–water partition coefficient (Wildman–Crippen LogP) is 2.34. The van der Waals surface area contributed by atoms with Crippen molar-refractivity contribution in [1.29, 1.82) is 0 Å². The van der Waals surface area contributed by atoms with Gasteiger partial charge in [-0.15, -0.1) is 0 Å². The Labute approximate surface area is 170 Å². The maximum absolute atomic E-state index is 12.5. The first-order valence-corrected chi connectivity index (χ1v) is 10.7. The summed E-state index contributed by atoms with van der Waals surface area (Å²) in [4.78, 5) is 23.6. The first kappa shape index (κ1) is 22.1. The summed E-state index contributed by atoms with van der Waals surface area (Å²) in [5, 5.41) is 6.74. The SMILES string of the molecule is CC(=O)Nc1ccc(/C(C)=N\NC(=O)[C@H](C)N(c2ccccc2)S(C)(=O)=O)cc1. The average Bonchev–Trinajstić information content (AvgIpc) is 2.65. The van der Waals surface area contributed by atoms with E-state index in [1.807, 2.05) is 0 Å². The summed E-state index contributed by atoms with van der Waals surface area (Å²) in [5.74, 6) is -0.730. The Kier molecular flexibility index (Phi) is 7.11. The molecule has 8 nitrogen and oxygen atoms in total. The molecule has 0 aliphatic carbocycles. The normalized spacial score (nSPS) is 12.8. The zero-order valence-electron chi connectivity index (χ0n) is 16.7. The van der Waals surface area contributed by atoms with Gasteiger partial charge in [0.25, 0.3) is 5.91 Å². The highest BCUT2D eigenvalue weighted by molar-refractivity contribution is 7.92. The van der Waals surface area contributed by atoms with Crippen molar-refractivity contribution < 1.29 is 18.0 Å². The van der Waals surface area contributed by atoms with Crippen LogP contribution in [0.4, 0.5) is 11.4 Å². The molecule has 29 heavy (non-hydrogen) atoms. The third-order valence-corrected chi connectivity index (χ3v) is 5.30. The smallest absolute Gasteiger partial charge is 0.263 e. The van der Waals surface area contributed by atoms with Gasteiger partial charge in [-0.1, -0.05) is 30.3 Å². The van der Waals surface area contributed by atoms with Crippen molar-refractivity contribution in [3.63, 3.8) is 0 Å². The molecule has 9 heteroatoms. The van der Waals surface area contributed by atoms with Crippen molar-refractivity contribution in [3.05, 3.63) is 60.2 Å². The third-order valence-electron chi connectivity index (χ3n) is 4.06. The fraction of sp³-hybridized carbons (Fsp3) is 0.250. The fourth-order valence-corrected chi connectivity index (χ4v) is 3.85. The molecule has 0 aliphatic rings. The number of nitrogens with zero attached hydrogens (tertiary/aromatic N) is 2. The number of rotatable bonds is 7. The number of hydrogen-bond donors (Lipinski definition) is 2. The molecule has 0 unspecified atom stereocenters. The molecule has 154 valence electrons. The number of carbonyl (C=O) groups is 2. The second-order valence-corrected chi connectivity index (χ2v) is 8.36. The molecular weight excluding hydrogens is 392 g/mol. The highest BCUT2D eigenvalue weighted by Gasteiger charge is 2.28. The van der Waals surface area contributed by atoms with Crippen LogP contribution in [0.3, 0.4) is 0 Å². The topological polar surface area (TPSA) is 108 Å². The zero-order chi connectivity index (χ0) is 21.6. The molecule has 2 amide bonds. The van der Waals surface area contributed by atoms with Gasteiger partial charge in [0, 0.05) is 12.6 Å². The Balaban J connectivity index is 2.14. The van der Waals surface area contributed by atoms with Crippen LogP contribution in [0.1, 0.15) is 26.3 Å². The second kappa shape index (κ2) is 9.33. The molecule has 2 aromatic rings. The van der Waals surface area contributed by atoms with Gasteiger partial charge in [0.05, 0.1) is 17.7 Å². The van der Waals surface area contributed by atoms with E-state index in [1.54, 1.807) is 61.5 Å². The highest BCUT2D eigenvalue weighted by atomic mass is 32.2. The van der Waals surface area contributed by atoms with Crippen LogP contribution in [0.2, 0.25) is 0 Å². The van der Waals surface area contributed by atoms with Gasteiger partial charge in [-0.25, -0.2) is 13.8 Å². The zero-order valence-corrected chi connectivity index (χ0v) is 17.5. The Morgan fingerprint density at radius 3 is 2.10 bits per heavy atom. The van der Waals surface area contributed by atoms with E-state index in [0.29, 0.717) is 17.1 Å². The number of sulfonamides is 1. The van der Waals surface area contributed by atoms with Crippen molar-refractivity contribution in [2.45, 2.75) is 26.8 Å². The number of carbonyl (C=O) groups excluding carboxylic acids is 2. The van der Waals surface area contributed by atoms with Gasteiger partial charge >= 0.3 is 0 Å². The van der Waals surface area contributed by atoms with Gasteiger partial charge in [0.1, 0.15) is 6.04 Å². The molecule has 0 spiro atoms. The molecule has 0 bridgehead atoms. The van der Waals surface area contributed by atoms with E-state index in [9.17, 15) is 18.0 Å². The molecule has 1 atom stereocenters. The number of hydrogen-bond acceptors (Lipinski definition) is 5. The number of anilines is 2. The largest absolute Gasteiger partial charge is 0.326 e. The lowest BCUT2D eigenvalue weighted by Crippen LogP contribution is -2.46. The van der Waals surface area contributed by atoms with Crippen molar-refractivity contribution in [3.8, 4) is 0 Å². The Morgan fingerprint density at radius 2 is 1.59 bits per heavy atom. The Morgan fingerprint density at radius 1 is 1.00 bits per heavy atom. The van der Waals surface area contributed by atoms with Gasteiger partial charge < -0.3 is 5.32 Å². The first-order chi connectivity index (χ1) is 13.6. The van der Waals surface area contributed by atoms with Gasteiger partial charge in [-0.3, -0.25) is 13.9 Å². The Hall–Kier alpha value is -3.20. The van der Waals surface area contributed by atoms with Crippen LogP contribution in [0.5, 0.6) is 0 Å². The van der Waals surface area contributed by atoms with E-state index in [1.165, 1.54) is 13.8 Å². The second-order valence-electron chi connectivity index (χ2n) is 6.50. The van der Waals surface area contributed by atoms with Gasteiger partial charge in [-0.05, 0) is 43.7 Å². The Bertz CT molecular complexity index is 1000. The lowest BCUT2D eigenvalue weighted by atomic mass is 10.1. The minimum absolute atomic E-state index is 0.168. The number of para-hydroxylation sites is 1. The summed E-state index contributed by atoms with van der Waals surface area (Å²) in [5.41, 5.74) is 4.75. The molecule has 2 rings (SSSR count). The predicted molar refractivity (Wildman–Crippen MR) is 114 cm³/mol. The first-order valence-electron chi connectivity index (χ1n) is 8.86. The van der Waals surface area contributed by atoms with Crippen LogP contribution in [-0.2, 0) is 19.6 Å². The van der Waals surface area contributed by atoms with Crippen molar-refractivity contribution in [2.75, 3.05) is 15.9 Å². The van der Waals surface area contributed by atoms with Crippen molar-refractivity contribution >= 4 is 38.9 Å². The summed E-state index contributed by atoms with van der Waals surface area (Å²) in [7, 11) is -3.68. The maximum Gasteiger partial charge on any atom is 0.263 e. The van der Waals surface area contributed by atoms with E-state index in [0.717, 1.165) is 16.1 Å². The lowest BCUT2D eigenvalue weighted by Gasteiger charge is -2.27. The molecule has 0 saturated heterocycles. The summed E-state index contributed by atoms with van der Waals surface area (Å²) in [6.07, 6.45) is 1.05.